The summed E-state index contributed by atoms with van der Waals surface area (Å²) in [5, 5.41) is 3.22. The van der Waals surface area contributed by atoms with E-state index in [1.165, 1.54) is 5.56 Å². The maximum Gasteiger partial charge on any atom is 0.214 e. The first kappa shape index (κ1) is 12.7. The van der Waals surface area contributed by atoms with Crippen LogP contribution in [0.4, 0.5) is 11.5 Å². The van der Waals surface area contributed by atoms with E-state index in [2.05, 4.69) is 22.4 Å². The van der Waals surface area contributed by atoms with Crippen molar-refractivity contribution in [2.45, 2.75) is 6.42 Å². The van der Waals surface area contributed by atoms with Crippen LogP contribution in [0.25, 0.3) is 0 Å². The summed E-state index contributed by atoms with van der Waals surface area (Å²) in [5.41, 5.74) is 2.23. The molecule has 2 rings (SSSR count). The van der Waals surface area contributed by atoms with Crippen LogP contribution >= 0.6 is 11.6 Å². The predicted octanol–water partition coefficient (Wildman–Crippen LogP) is 3.62. The lowest BCUT2D eigenvalue weighted by molar-refractivity contribution is 0.398. The molecule has 0 bridgehead atoms. The zero-order valence-corrected chi connectivity index (χ0v) is 10.9. The molecule has 0 aliphatic rings. The van der Waals surface area contributed by atoms with Gasteiger partial charge in [-0.25, -0.2) is 0 Å². The van der Waals surface area contributed by atoms with Crippen molar-refractivity contribution < 1.29 is 4.74 Å². The molecule has 0 spiro atoms. The van der Waals surface area contributed by atoms with Gasteiger partial charge >= 0.3 is 0 Å². The van der Waals surface area contributed by atoms with Crippen LogP contribution in [0.1, 0.15) is 5.56 Å². The number of methoxy groups -OCH3 is 1. The van der Waals surface area contributed by atoms with Gasteiger partial charge in [0.1, 0.15) is 5.82 Å². The third-order valence-corrected chi connectivity index (χ3v) is 2.73. The summed E-state index contributed by atoms with van der Waals surface area (Å²) in [6.45, 7) is 0. The molecule has 1 aromatic carbocycles. The molecule has 1 N–H and O–H groups in total. The zero-order valence-electron chi connectivity index (χ0n) is 10.2. The van der Waals surface area contributed by atoms with Crippen LogP contribution in [0, 0.1) is 0 Å². The Kier molecular flexibility index (Phi) is 4.42. The number of nitrogens with zero attached hydrogens (tertiary/aromatic N) is 1. The number of ether oxygens (including phenoxy) is 1. The van der Waals surface area contributed by atoms with Gasteiger partial charge in [0.05, 0.1) is 7.11 Å². The van der Waals surface area contributed by atoms with Gasteiger partial charge in [0.25, 0.3) is 0 Å². The molecule has 4 heteroatoms. The molecule has 2 aromatic rings. The van der Waals surface area contributed by atoms with E-state index in [0.717, 1.165) is 17.9 Å². The van der Waals surface area contributed by atoms with E-state index >= 15 is 0 Å². The lowest BCUT2D eigenvalue weighted by Gasteiger charge is -2.07. The zero-order chi connectivity index (χ0) is 12.8. The molecule has 0 unspecified atom stereocenters. The molecule has 0 fully saturated rings. The van der Waals surface area contributed by atoms with Crippen molar-refractivity contribution in [2.75, 3.05) is 18.3 Å². The molecule has 18 heavy (non-hydrogen) atoms. The summed E-state index contributed by atoms with van der Waals surface area (Å²) in [5.74, 6) is 2.00. The molecule has 0 atom stereocenters. The normalized spacial score (nSPS) is 10.1. The number of aromatic nitrogens is 1. The first-order valence-electron chi connectivity index (χ1n) is 5.75. The van der Waals surface area contributed by atoms with E-state index in [1.807, 2.05) is 30.3 Å². The van der Waals surface area contributed by atoms with Crippen LogP contribution in [0.3, 0.4) is 0 Å². The summed E-state index contributed by atoms with van der Waals surface area (Å²) in [6, 6.07) is 13.8. The summed E-state index contributed by atoms with van der Waals surface area (Å²) >= 11 is 5.70. The second kappa shape index (κ2) is 6.26. The highest BCUT2D eigenvalue weighted by atomic mass is 35.5. The van der Waals surface area contributed by atoms with Gasteiger partial charge < -0.3 is 10.1 Å². The van der Waals surface area contributed by atoms with Gasteiger partial charge in [-0.15, -0.1) is 11.6 Å². The Morgan fingerprint density at radius 2 is 1.94 bits per heavy atom. The summed E-state index contributed by atoms with van der Waals surface area (Å²) in [4.78, 5) is 4.29. The molecule has 0 radical (unpaired) electrons. The predicted molar refractivity (Wildman–Crippen MR) is 74.9 cm³/mol. The fourth-order valence-corrected chi connectivity index (χ4v) is 1.83. The molecule has 0 amide bonds. The van der Waals surface area contributed by atoms with Crippen LogP contribution in [0.15, 0.2) is 42.5 Å². The van der Waals surface area contributed by atoms with E-state index in [9.17, 15) is 0 Å². The number of nitrogens with one attached hydrogen (secondary N) is 1. The molecule has 3 nitrogen and oxygen atoms in total. The van der Waals surface area contributed by atoms with E-state index < -0.39 is 0 Å². The Hall–Kier alpha value is -1.74. The lowest BCUT2D eigenvalue weighted by atomic mass is 10.1. The summed E-state index contributed by atoms with van der Waals surface area (Å²) in [7, 11) is 1.60. The third-order valence-electron chi connectivity index (χ3n) is 2.54. The second-order valence-corrected chi connectivity index (χ2v) is 4.20. The van der Waals surface area contributed by atoms with Crippen LogP contribution in [-0.2, 0) is 6.42 Å². The van der Waals surface area contributed by atoms with Crippen LogP contribution in [0.2, 0.25) is 0 Å². The quantitative estimate of drug-likeness (QED) is 0.836. The molecule has 1 heterocycles. The van der Waals surface area contributed by atoms with Crippen molar-refractivity contribution in [1.82, 2.24) is 4.98 Å². The molecule has 0 saturated carbocycles. The van der Waals surface area contributed by atoms with Gasteiger partial charge in [0.15, 0.2) is 0 Å². The molecule has 0 saturated heterocycles. The maximum atomic E-state index is 5.70. The number of halogens is 1. The monoisotopic (exact) mass is 262 g/mol. The number of hydrogen-bond donors (Lipinski definition) is 1. The van der Waals surface area contributed by atoms with Crippen molar-refractivity contribution in [3.8, 4) is 5.88 Å². The highest BCUT2D eigenvalue weighted by Gasteiger charge is 1.98. The average Bonchev–Trinajstić information content (AvgIpc) is 2.42. The molecular formula is C14H15ClN2O. The number of rotatable bonds is 5. The summed E-state index contributed by atoms with van der Waals surface area (Å²) in [6.07, 6.45) is 0.888. The van der Waals surface area contributed by atoms with Crippen molar-refractivity contribution in [3.63, 3.8) is 0 Å². The third kappa shape index (κ3) is 3.37. The Labute approximate surface area is 112 Å². The number of aryl methyl sites for hydroxylation is 1. The Morgan fingerprint density at radius 3 is 2.61 bits per heavy atom. The molecule has 0 aliphatic carbocycles. The van der Waals surface area contributed by atoms with Crippen molar-refractivity contribution in [1.29, 1.82) is 0 Å². The highest BCUT2D eigenvalue weighted by molar-refractivity contribution is 6.17. The molecule has 94 valence electrons. The van der Waals surface area contributed by atoms with Crippen LogP contribution in [0.5, 0.6) is 5.88 Å². The Bertz CT molecular complexity index is 499. The van der Waals surface area contributed by atoms with Crippen molar-refractivity contribution >= 4 is 23.1 Å². The van der Waals surface area contributed by atoms with Gasteiger partial charge in [0.2, 0.25) is 5.88 Å². The minimum Gasteiger partial charge on any atom is -0.481 e. The number of benzene rings is 1. The lowest BCUT2D eigenvalue weighted by Crippen LogP contribution is -1.95. The second-order valence-electron chi connectivity index (χ2n) is 3.83. The number of hydrogen-bond acceptors (Lipinski definition) is 3. The number of pyridine rings is 1. The highest BCUT2D eigenvalue weighted by Crippen LogP contribution is 2.17. The maximum absolute atomic E-state index is 5.70. The first-order chi connectivity index (χ1) is 8.81. The van der Waals surface area contributed by atoms with E-state index in [0.29, 0.717) is 11.8 Å². The van der Waals surface area contributed by atoms with Crippen molar-refractivity contribution in [3.05, 3.63) is 48.0 Å². The fourth-order valence-electron chi connectivity index (χ4n) is 1.61. The van der Waals surface area contributed by atoms with E-state index in [4.69, 9.17) is 16.3 Å². The van der Waals surface area contributed by atoms with Gasteiger partial charge in [-0.3, -0.25) is 0 Å². The Balaban J connectivity index is 2.08. The van der Waals surface area contributed by atoms with Crippen molar-refractivity contribution in [2.24, 2.45) is 0 Å². The van der Waals surface area contributed by atoms with Gasteiger partial charge in [0, 0.05) is 17.6 Å². The molecule has 0 aliphatic heterocycles. The number of alkyl halides is 1. The standard InChI is InChI=1S/C14H15ClN2O/c1-18-14-4-2-3-13(17-14)16-12-7-5-11(6-8-12)9-10-15/h2-8H,9-10H2,1H3,(H,16,17). The SMILES string of the molecule is COc1cccc(Nc2ccc(CCCl)cc2)n1. The van der Waals surface area contributed by atoms with Crippen LogP contribution < -0.4 is 10.1 Å². The van der Waals surface area contributed by atoms with Gasteiger partial charge in [-0.1, -0.05) is 18.2 Å². The Morgan fingerprint density at radius 1 is 1.17 bits per heavy atom. The molecule has 1 aromatic heterocycles. The first-order valence-corrected chi connectivity index (χ1v) is 6.28. The van der Waals surface area contributed by atoms with Gasteiger partial charge in [-0.05, 0) is 30.2 Å². The minimum atomic E-state index is 0.596. The van der Waals surface area contributed by atoms with Crippen LogP contribution in [-0.4, -0.2) is 18.0 Å². The fraction of sp³-hybridized carbons (Fsp3) is 0.214. The topological polar surface area (TPSA) is 34.1 Å². The summed E-state index contributed by atoms with van der Waals surface area (Å²) < 4.78 is 5.08. The van der Waals surface area contributed by atoms with E-state index in [1.54, 1.807) is 7.11 Å². The molecular weight excluding hydrogens is 248 g/mol. The number of anilines is 2. The average molecular weight is 263 g/mol. The minimum absolute atomic E-state index is 0.596. The smallest absolute Gasteiger partial charge is 0.214 e. The largest absolute Gasteiger partial charge is 0.481 e. The van der Waals surface area contributed by atoms with E-state index in [-0.39, 0.29) is 0 Å². The van der Waals surface area contributed by atoms with Gasteiger partial charge in [-0.2, -0.15) is 4.98 Å².